The molecule has 156 valence electrons. The van der Waals surface area contributed by atoms with Crippen LogP contribution in [0.15, 0.2) is 30.3 Å². The van der Waals surface area contributed by atoms with E-state index >= 15 is 0 Å². The van der Waals surface area contributed by atoms with Crippen molar-refractivity contribution in [3.05, 3.63) is 35.9 Å². The number of benzene rings is 1. The van der Waals surface area contributed by atoms with E-state index in [1.165, 1.54) is 0 Å². The average Bonchev–Trinajstić information content (AvgIpc) is 2.69. The topological polar surface area (TPSA) is 90.9 Å². The van der Waals surface area contributed by atoms with Crippen molar-refractivity contribution in [1.29, 1.82) is 0 Å². The second-order valence-electron chi connectivity index (χ2n) is 7.10. The second-order valence-corrected chi connectivity index (χ2v) is 7.72. The fraction of sp³-hybridized carbons (Fsp3) is 0.550. The number of amides is 1. The Kier molecular flexibility index (Phi) is 10.3. The standard InChI is InChI=1S/C20H28INO6/c1-5-14(2)16(17(23)27-12-20(3,4)18(24)28-13-21)22-19(25)26-11-15-9-7-6-8-10-15/h6-10,14,16H,5,11-13H2,1-4H3,(H,22,25)/t14?,16-/m0/s1. The van der Waals surface area contributed by atoms with Crippen molar-refractivity contribution in [2.75, 3.05) is 11.2 Å². The fourth-order valence-electron chi connectivity index (χ4n) is 2.21. The largest absolute Gasteiger partial charge is 0.463 e. The second kappa shape index (κ2) is 11.9. The Morgan fingerprint density at radius 3 is 2.32 bits per heavy atom. The molecule has 0 aliphatic heterocycles. The number of esters is 2. The normalized spacial score (nSPS) is 13.2. The molecule has 8 heteroatoms. The molecule has 1 N–H and O–H groups in total. The first-order chi connectivity index (χ1) is 13.2. The van der Waals surface area contributed by atoms with Crippen LogP contribution in [0, 0.1) is 11.3 Å². The van der Waals surface area contributed by atoms with Crippen molar-refractivity contribution in [2.24, 2.45) is 11.3 Å². The number of halogens is 1. The van der Waals surface area contributed by atoms with Crippen molar-refractivity contribution in [1.82, 2.24) is 5.32 Å². The van der Waals surface area contributed by atoms with Crippen LogP contribution in [0.4, 0.5) is 4.79 Å². The highest BCUT2D eigenvalue weighted by molar-refractivity contribution is 14.1. The fourth-order valence-corrected chi connectivity index (χ4v) is 2.49. The van der Waals surface area contributed by atoms with Crippen LogP contribution in [0.5, 0.6) is 0 Å². The molecule has 1 unspecified atom stereocenters. The molecular formula is C20H28INO6. The first-order valence-corrected chi connectivity index (χ1v) is 10.6. The molecule has 0 fully saturated rings. The number of ether oxygens (including phenoxy) is 3. The molecule has 1 aromatic carbocycles. The van der Waals surface area contributed by atoms with Crippen molar-refractivity contribution < 1.29 is 28.6 Å². The molecule has 1 amide bonds. The van der Waals surface area contributed by atoms with E-state index in [1.54, 1.807) is 13.8 Å². The zero-order valence-corrected chi connectivity index (χ0v) is 18.9. The molecule has 0 aliphatic carbocycles. The van der Waals surface area contributed by atoms with Gasteiger partial charge in [0, 0.05) is 0 Å². The minimum atomic E-state index is -0.978. The highest BCUT2D eigenvalue weighted by Gasteiger charge is 2.34. The van der Waals surface area contributed by atoms with Crippen LogP contribution in [-0.4, -0.2) is 35.3 Å². The third-order valence-corrected chi connectivity index (χ3v) is 4.58. The quantitative estimate of drug-likeness (QED) is 0.225. The lowest BCUT2D eigenvalue weighted by molar-refractivity contribution is -0.161. The number of rotatable bonds is 10. The average molecular weight is 505 g/mol. The zero-order chi connectivity index (χ0) is 21.2. The first-order valence-electron chi connectivity index (χ1n) is 9.08. The summed E-state index contributed by atoms with van der Waals surface area (Å²) in [6.07, 6.45) is -0.0476. The summed E-state index contributed by atoms with van der Waals surface area (Å²) in [5.41, 5.74) is -0.134. The van der Waals surface area contributed by atoms with Crippen LogP contribution in [0.25, 0.3) is 0 Å². The van der Waals surface area contributed by atoms with Gasteiger partial charge in [-0.1, -0.05) is 50.6 Å². The zero-order valence-electron chi connectivity index (χ0n) is 16.7. The van der Waals surface area contributed by atoms with Crippen molar-refractivity contribution in [3.8, 4) is 0 Å². The van der Waals surface area contributed by atoms with Crippen LogP contribution in [0.1, 0.15) is 39.7 Å². The molecule has 28 heavy (non-hydrogen) atoms. The lowest BCUT2D eigenvalue weighted by Gasteiger charge is -2.26. The summed E-state index contributed by atoms with van der Waals surface area (Å²) in [5, 5.41) is 2.58. The molecule has 1 rings (SSSR count). The Bertz CT molecular complexity index is 649. The van der Waals surface area contributed by atoms with Gasteiger partial charge in [-0.25, -0.2) is 9.59 Å². The maximum absolute atomic E-state index is 12.5. The highest BCUT2D eigenvalue weighted by Crippen LogP contribution is 2.20. The number of hydrogen-bond donors (Lipinski definition) is 1. The van der Waals surface area contributed by atoms with Crippen LogP contribution in [-0.2, 0) is 30.4 Å². The number of alkyl halides is 1. The number of nitrogens with one attached hydrogen (secondary N) is 1. The lowest BCUT2D eigenvalue weighted by Crippen LogP contribution is -2.47. The Hall–Kier alpha value is -1.84. The molecule has 0 saturated heterocycles. The smallest absolute Gasteiger partial charge is 0.408 e. The van der Waals surface area contributed by atoms with Gasteiger partial charge in [0.25, 0.3) is 0 Å². The predicted molar refractivity (Wildman–Crippen MR) is 113 cm³/mol. The summed E-state index contributed by atoms with van der Waals surface area (Å²) in [5.74, 6) is -1.23. The monoisotopic (exact) mass is 505 g/mol. The number of carbonyl (C=O) groups is 3. The van der Waals surface area contributed by atoms with Gasteiger partial charge in [0.05, 0.1) is 5.41 Å². The van der Waals surface area contributed by atoms with Crippen LogP contribution in [0.3, 0.4) is 0 Å². The van der Waals surface area contributed by atoms with E-state index in [9.17, 15) is 14.4 Å². The number of hydrogen-bond acceptors (Lipinski definition) is 6. The minimum absolute atomic E-state index is 0.101. The SMILES string of the molecule is CCC(C)[C@H](NC(=O)OCc1ccccc1)C(=O)OCC(C)(C)C(=O)OCI. The van der Waals surface area contributed by atoms with Crippen LogP contribution >= 0.6 is 22.6 Å². The Morgan fingerprint density at radius 2 is 1.75 bits per heavy atom. The Labute approximate surface area is 179 Å². The van der Waals surface area contributed by atoms with Crippen molar-refractivity contribution in [2.45, 2.75) is 46.8 Å². The summed E-state index contributed by atoms with van der Waals surface area (Å²) in [6.45, 7) is 6.96. The summed E-state index contributed by atoms with van der Waals surface area (Å²) in [6, 6.07) is 8.37. The molecule has 0 saturated carbocycles. The van der Waals surface area contributed by atoms with Crippen LogP contribution in [0.2, 0.25) is 0 Å². The van der Waals surface area contributed by atoms with Crippen molar-refractivity contribution >= 4 is 40.6 Å². The first kappa shape index (κ1) is 24.2. The number of alkyl carbamates (subject to hydrolysis) is 1. The minimum Gasteiger partial charge on any atom is -0.463 e. The molecule has 0 heterocycles. The van der Waals surface area contributed by atoms with Gasteiger partial charge in [-0.05, 0) is 47.9 Å². The van der Waals surface area contributed by atoms with E-state index in [-0.39, 0.29) is 23.7 Å². The maximum atomic E-state index is 12.5. The third-order valence-electron chi connectivity index (χ3n) is 4.27. The van der Waals surface area contributed by atoms with Crippen molar-refractivity contribution in [3.63, 3.8) is 0 Å². The highest BCUT2D eigenvalue weighted by atomic mass is 127. The Morgan fingerprint density at radius 1 is 1.11 bits per heavy atom. The molecule has 1 aromatic rings. The summed E-state index contributed by atoms with van der Waals surface area (Å²) in [7, 11) is 0. The predicted octanol–water partition coefficient (Wildman–Crippen LogP) is 3.83. The molecule has 2 atom stereocenters. The third kappa shape index (κ3) is 8.04. The molecule has 0 aliphatic rings. The van der Waals surface area contributed by atoms with Crippen LogP contribution < -0.4 is 5.32 Å². The lowest BCUT2D eigenvalue weighted by atomic mass is 9.95. The van der Waals surface area contributed by atoms with Gasteiger partial charge < -0.3 is 19.5 Å². The van der Waals surface area contributed by atoms with E-state index < -0.39 is 29.5 Å². The van der Waals surface area contributed by atoms with E-state index in [0.717, 1.165) is 5.56 Å². The van der Waals surface area contributed by atoms with E-state index in [4.69, 9.17) is 14.2 Å². The molecular weight excluding hydrogens is 477 g/mol. The number of carbonyl (C=O) groups excluding carboxylic acids is 3. The molecule has 0 radical (unpaired) electrons. The van der Waals surface area contributed by atoms with Gasteiger partial charge in [0.2, 0.25) is 0 Å². The maximum Gasteiger partial charge on any atom is 0.408 e. The van der Waals surface area contributed by atoms with Gasteiger partial charge in [-0.2, -0.15) is 0 Å². The van der Waals surface area contributed by atoms with Gasteiger partial charge in [-0.3, -0.25) is 4.79 Å². The molecule has 0 aromatic heterocycles. The summed E-state index contributed by atoms with van der Waals surface area (Å²) in [4.78, 5) is 36.6. The van der Waals surface area contributed by atoms with E-state index in [1.807, 2.05) is 66.8 Å². The van der Waals surface area contributed by atoms with E-state index in [0.29, 0.717) is 6.42 Å². The summed E-state index contributed by atoms with van der Waals surface area (Å²) >= 11 is 1.92. The van der Waals surface area contributed by atoms with Gasteiger partial charge in [0.15, 0.2) is 0 Å². The summed E-state index contributed by atoms with van der Waals surface area (Å²) < 4.78 is 15.7. The van der Waals surface area contributed by atoms with E-state index in [2.05, 4.69) is 5.32 Å². The van der Waals surface area contributed by atoms with Gasteiger partial charge in [0.1, 0.15) is 23.9 Å². The molecule has 0 bridgehead atoms. The molecule has 0 spiro atoms. The Balaban J connectivity index is 2.64. The van der Waals surface area contributed by atoms with Gasteiger partial charge >= 0.3 is 18.0 Å². The van der Waals surface area contributed by atoms with Gasteiger partial charge in [-0.15, -0.1) is 0 Å². The molecule has 7 nitrogen and oxygen atoms in total.